The molecule has 3 N–H and O–H groups in total. The van der Waals surface area contributed by atoms with Gasteiger partial charge in [-0.1, -0.05) is 17.9 Å². The van der Waals surface area contributed by atoms with Crippen LogP contribution in [0.5, 0.6) is 5.75 Å². The number of aromatic nitrogens is 1. The molecule has 190 valence electrons. The lowest BCUT2D eigenvalue weighted by molar-refractivity contribution is -0.141. The van der Waals surface area contributed by atoms with E-state index in [0.717, 1.165) is 18.0 Å². The number of likely N-dealkylation sites (tertiary alicyclic amines) is 1. The van der Waals surface area contributed by atoms with Gasteiger partial charge in [0.2, 0.25) is 0 Å². The van der Waals surface area contributed by atoms with E-state index >= 15 is 4.39 Å². The summed E-state index contributed by atoms with van der Waals surface area (Å²) in [6, 6.07) is 9.39. The molecule has 1 atom stereocenters. The van der Waals surface area contributed by atoms with Gasteiger partial charge in [-0.05, 0) is 79.4 Å². The van der Waals surface area contributed by atoms with Crippen molar-refractivity contribution in [3.63, 3.8) is 0 Å². The normalized spacial score (nSPS) is 16.3. The van der Waals surface area contributed by atoms with Crippen molar-refractivity contribution >= 4 is 28.2 Å². The predicted molar refractivity (Wildman–Crippen MR) is 141 cm³/mol. The molecule has 0 radical (unpaired) electrons. The van der Waals surface area contributed by atoms with Crippen LogP contribution in [0.15, 0.2) is 41.9 Å². The average Bonchev–Trinajstić information content (AvgIpc) is 3.40. The topological polar surface area (TPSA) is 88.7 Å². The van der Waals surface area contributed by atoms with Gasteiger partial charge in [0, 0.05) is 23.7 Å². The highest BCUT2D eigenvalue weighted by Crippen LogP contribution is 2.43. The third-order valence-electron chi connectivity index (χ3n) is 7.14. The Morgan fingerprint density at radius 1 is 1.36 bits per heavy atom. The number of alkyl halides is 1. The Kier molecular flexibility index (Phi) is 8.57. The summed E-state index contributed by atoms with van der Waals surface area (Å²) in [5.74, 6) is 6.19. The maximum Gasteiger partial charge on any atom is 0.303 e. The number of hydrogen-bond acceptors (Lipinski definition) is 6. The van der Waals surface area contributed by atoms with Gasteiger partial charge in [0.1, 0.15) is 11.9 Å². The molecule has 3 heterocycles. The second-order valence-electron chi connectivity index (χ2n) is 9.42. The fourth-order valence-corrected chi connectivity index (χ4v) is 5.67. The molecule has 0 bridgehead atoms. The van der Waals surface area contributed by atoms with Crippen molar-refractivity contribution in [2.24, 2.45) is 11.1 Å². The van der Waals surface area contributed by atoms with Crippen LogP contribution in [0.2, 0.25) is 0 Å². The van der Waals surface area contributed by atoms with E-state index in [4.69, 9.17) is 10.5 Å². The standard InChI is InChI=1S/C28H32FN3O3S/c1-35-21-6-7-25-23(16-21)27(20(18-30)19-31-25)24(29)8-9-28(17-26(33)34)10-13-32(14-11-28)12-2-4-22-5-3-15-36-22/h3,5-7,15-16,19,24H,8-14,17-18,30H2,1H3,(H,33,34)/t24-/m1/s1. The quantitative estimate of drug-likeness (QED) is 0.387. The van der Waals surface area contributed by atoms with Gasteiger partial charge in [0.25, 0.3) is 0 Å². The van der Waals surface area contributed by atoms with Crippen molar-refractivity contribution in [1.29, 1.82) is 0 Å². The third kappa shape index (κ3) is 6.22. The van der Waals surface area contributed by atoms with Gasteiger partial charge >= 0.3 is 5.97 Å². The van der Waals surface area contributed by atoms with Crippen LogP contribution in [0.25, 0.3) is 10.9 Å². The molecule has 1 aliphatic rings. The van der Waals surface area contributed by atoms with Crippen LogP contribution in [-0.2, 0) is 11.3 Å². The molecule has 1 aromatic carbocycles. The molecular formula is C28H32FN3O3S. The number of methoxy groups -OCH3 is 1. The number of aliphatic carboxylic acids is 1. The molecule has 8 heteroatoms. The summed E-state index contributed by atoms with van der Waals surface area (Å²) >= 11 is 1.62. The van der Waals surface area contributed by atoms with Gasteiger partial charge in [-0.25, -0.2) is 4.39 Å². The summed E-state index contributed by atoms with van der Waals surface area (Å²) in [7, 11) is 1.57. The van der Waals surface area contributed by atoms with E-state index in [1.54, 1.807) is 36.8 Å². The largest absolute Gasteiger partial charge is 0.497 e. The highest BCUT2D eigenvalue weighted by molar-refractivity contribution is 7.10. The minimum absolute atomic E-state index is 0.0447. The summed E-state index contributed by atoms with van der Waals surface area (Å²) in [6.07, 6.45) is 2.55. The van der Waals surface area contributed by atoms with E-state index in [9.17, 15) is 9.90 Å². The molecule has 2 aromatic heterocycles. The van der Waals surface area contributed by atoms with Gasteiger partial charge in [-0.2, -0.15) is 0 Å². The van der Waals surface area contributed by atoms with E-state index in [1.807, 2.05) is 23.6 Å². The van der Waals surface area contributed by atoms with E-state index in [1.165, 1.54) is 0 Å². The molecule has 6 nitrogen and oxygen atoms in total. The van der Waals surface area contributed by atoms with Crippen molar-refractivity contribution < 1.29 is 19.0 Å². The van der Waals surface area contributed by atoms with Gasteiger partial charge < -0.3 is 15.6 Å². The monoisotopic (exact) mass is 509 g/mol. The summed E-state index contributed by atoms with van der Waals surface area (Å²) in [5, 5.41) is 12.3. The van der Waals surface area contributed by atoms with E-state index in [2.05, 4.69) is 21.7 Å². The maximum absolute atomic E-state index is 15.9. The minimum atomic E-state index is -1.28. The Labute approximate surface area is 215 Å². The number of pyridine rings is 1. The Morgan fingerprint density at radius 2 is 2.17 bits per heavy atom. The van der Waals surface area contributed by atoms with Gasteiger partial charge in [-0.15, -0.1) is 11.3 Å². The van der Waals surface area contributed by atoms with Crippen LogP contribution in [0.3, 0.4) is 0 Å². The zero-order chi connectivity index (χ0) is 25.5. The Balaban J connectivity index is 1.47. The molecule has 0 amide bonds. The minimum Gasteiger partial charge on any atom is -0.497 e. The van der Waals surface area contributed by atoms with Gasteiger partial charge in [0.05, 0.1) is 30.5 Å². The van der Waals surface area contributed by atoms with E-state index in [-0.39, 0.29) is 19.4 Å². The maximum atomic E-state index is 15.9. The van der Waals surface area contributed by atoms with Crippen molar-refractivity contribution in [2.45, 2.75) is 44.8 Å². The zero-order valence-electron chi connectivity index (χ0n) is 20.5. The molecule has 0 aliphatic carbocycles. The van der Waals surface area contributed by atoms with Gasteiger partial charge in [-0.3, -0.25) is 14.7 Å². The number of benzene rings is 1. The Bertz CT molecular complexity index is 1240. The number of fused-ring (bicyclic) bond motifs is 1. The number of thiophene rings is 1. The van der Waals surface area contributed by atoms with Crippen LogP contribution in [0.4, 0.5) is 4.39 Å². The SMILES string of the molecule is COc1ccc2ncc(CN)c([C@H](F)CCC3(CC(=O)O)CCN(CC#Cc4cccs4)CC3)c2c1. The Morgan fingerprint density at radius 3 is 2.83 bits per heavy atom. The fraction of sp³-hybridized carbons (Fsp3) is 0.429. The zero-order valence-corrected chi connectivity index (χ0v) is 21.3. The van der Waals surface area contributed by atoms with Crippen molar-refractivity contribution in [1.82, 2.24) is 9.88 Å². The number of carboxylic acid groups (broad SMARTS) is 1. The number of carbonyl (C=O) groups is 1. The number of hydrogen-bond donors (Lipinski definition) is 2. The number of nitrogens with zero attached hydrogens (tertiary/aromatic N) is 2. The van der Waals surface area contributed by atoms with Gasteiger partial charge in [0.15, 0.2) is 0 Å². The predicted octanol–water partition coefficient (Wildman–Crippen LogP) is 5.16. The van der Waals surface area contributed by atoms with Crippen molar-refractivity contribution in [3.05, 3.63) is 57.9 Å². The molecule has 3 aromatic rings. The summed E-state index contributed by atoms with van der Waals surface area (Å²) < 4.78 is 21.2. The van der Waals surface area contributed by atoms with Crippen LogP contribution >= 0.6 is 11.3 Å². The Hall–Kier alpha value is -2.99. The third-order valence-corrected chi connectivity index (χ3v) is 7.92. The molecule has 0 saturated carbocycles. The van der Waals surface area contributed by atoms with Crippen LogP contribution < -0.4 is 10.5 Å². The first-order valence-electron chi connectivity index (χ1n) is 12.2. The molecule has 0 unspecified atom stereocenters. The second-order valence-corrected chi connectivity index (χ2v) is 10.4. The lowest BCUT2D eigenvalue weighted by Gasteiger charge is -2.41. The van der Waals surface area contributed by atoms with Crippen LogP contribution in [0.1, 0.15) is 54.3 Å². The highest BCUT2D eigenvalue weighted by atomic mass is 32.1. The fourth-order valence-electron chi connectivity index (χ4n) is 5.08. The van der Waals surface area contributed by atoms with Crippen LogP contribution in [0, 0.1) is 17.3 Å². The summed E-state index contributed by atoms with van der Waals surface area (Å²) in [6.45, 7) is 2.34. The molecule has 36 heavy (non-hydrogen) atoms. The van der Waals surface area contributed by atoms with Crippen molar-refractivity contribution in [3.8, 4) is 17.6 Å². The summed E-state index contributed by atoms with van der Waals surface area (Å²) in [4.78, 5) is 19.5. The average molecular weight is 510 g/mol. The van der Waals surface area contributed by atoms with E-state index in [0.29, 0.717) is 53.6 Å². The molecule has 1 fully saturated rings. The van der Waals surface area contributed by atoms with E-state index < -0.39 is 17.6 Å². The number of carboxylic acids is 1. The second kappa shape index (κ2) is 11.8. The lowest BCUT2D eigenvalue weighted by atomic mass is 9.71. The van der Waals surface area contributed by atoms with Crippen LogP contribution in [-0.4, -0.2) is 47.7 Å². The number of ether oxygens (including phenoxy) is 1. The first-order valence-corrected chi connectivity index (χ1v) is 13.1. The highest BCUT2D eigenvalue weighted by Gasteiger charge is 2.37. The number of halogens is 1. The molecule has 1 aliphatic heterocycles. The molecule has 4 rings (SSSR count). The lowest BCUT2D eigenvalue weighted by Crippen LogP contribution is -2.41. The number of rotatable bonds is 9. The van der Waals surface area contributed by atoms with Crippen molar-refractivity contribution in [2.75, 3.05) is 26.7 Å². The first-order chi connectivity index (χ1) is 17.4. The molecule has 0 spiro atoms. The first kappa shape index (κ1) is 26.1. The molecule has 1 saturated heterocycles. The summed E-state index contributed by atoms with van der Waals surface area (Å²) in [5.41, 5.74) is 7.38. The number of nitrogens with two attached hydrogens (primary N) is 1. The smallest absolute Gasteiger partial charge is 0.303 e. The number of piperidine rings is 1. The molecular weight excluding hydrogens is 477 g/mol.